The lowest BCUT2D eigenvalue weighted by molar-refractivity contribution is -0.135. The van der Waals surface area contributed by atoms with Crippen molar-refractivity contribution >= 4 is 33.0 Å². The predicted octanol–water partition coefficient (Wildman–Crippen LogP) is 2.58. The van der Waals surface area contributed by atoms with Gasteiger partial charge in [0.1, 0.15) is 10.7 Å². The third-order valence-corrected chi connectivity index (χ3v) is 6.96. The average Bonchev–Trinajstić information content (AvgIpc) is 2.86. The Morgan fingerprint density at radius 3 is 2.56 bits per heavy atom. The fraction of sp³-hybridized carbons (Fsp3) is 0.263. The van der Waals surface area contributed by atoms with Crippen LogP contribution in [0.5, 0.6) is 0 Å². The summed E-state index contributed by atoms with van der Waals surface area (Å²) in [5.41, 5.74) is 1.20. The number of halogens is 2. The van der Waals surface area contributed by atoms with E-state index in [4.69, 9.17) is 11.6 Å². The highest BCUT2D eigenvalue weighted by Gasteiger charge is 2.30. The van der Waals surface area contributed by atoms with E-state index in [2.05, 4.69) is 4.99 Å². The summed E-state index contributed by atoms with van der Waals surface area (Å²) in [5.74, 6) is -2.07. The smallest absolute Gasteiger partial charge is 0.307 e. The second-order valence-corrected chi connectivity index (χ2v) is 8.80. The Morgan fingerprint density at radius 1 is 1.26 bits per heavy atom. The Hall–Kier alpha value is -2.25. The molecule has 1 aliphatic rings. The van der Waals surface area contributed by atoms with Gasteiger partial charge in [-0.15, -0.1) is 0 Å². The van der Waals surface area contributed by atoms with Crippen LogP contribution >= 0.6 is 11.6 Å². The quantitative estimate of drug-likeness (QED) is 0.841. The van der Waals surface area contributed by atoms with Gasteiger partial charge in [-0.1, -0.05) is 11.6 Å². The normalized spacial score (nSPS) is 16.2. The number of carboxylic acid groups (broad SMARTS) is 1. The Kier molecular flexibility index (Phi) is 4.86. The molecule has 1 aliphatic heterocycles. The predicted molar refractivity (Wildman–Crippen MR) is 98.7 cm³/mol. The van der Waals surface area contributed by atoms with Gasteiger partial charge >= 0.3 is 5.97 Å². The molecule has 0 spiro atoms. The molecular weight excluding hydrogens is 393 g/mol. The maximum absolute atomic E-state index is 14.8. The molecule has 0 saturated carbocycles. The first-order chi connectivity index (χ1) is 12.5. The largest absolute Gasteiger partial charge is 0.481 e. The van der Waals surface area contributed by atoms with Crippen molar-refractivity contribution in [2.24, 2.45) is 4.99 Å². The van der Waals surface area contributed by atoms with Crippen molar-refractivity contribution < 1.29 is 22.7 Å². The van der Waals surface area contributed by atoms with Gasteiger partial charge in [0.25, 0.3) is 0 Å². The average molecular weight is 410 g/mol. The molecule has 2 aromatic carbocycles. The lowest BCUT2D eigenvalue weighted by atomic mass is 10.0. The molecule has 142 valence electrons. The van der Waals surface area contributed by atoms with Gasteiger partial charge in [0.05, 0.1) is 22.7 Å². The third kappa shape index (κ3) is 3.26. The molecular formula is C19H17ClFNO4S. The minimum atomic E-state index is -4.26. The molecule has 1 atom stereocenters. The minimum Gasteiger partial charge on any atom is -0.481 e. The molecule has 5 nitrogen and oxygen atoms in total. The third-order valence-electron chi connectivity index (χ3n) is 4.60. The fourth-order valence-electron chi connectivity index (χ4n) is 3.28. The minimum absolute atomic E-state index is 0.0527. The van der Waals surface area contributed by atoms with E-state index in [1.165, 1.54) is 18.2 Å². The summed E-state index contributed by atoms with van der Waals surface area (Å²) in [5, 5.41) is 9.93. The zero-order valence-corrected chi connectivity index (χ0v) is 16.4. The fourth-order valence-corrected chi connectivity index (χ4v) is 5.36. The molecule has 8 heteroatoms. The van der Waals surface area contributed by atoms with Crippen molar-refractivity contribution in [1.29, 1.82) is 0 Å². The summed E-state index contributed by atoms with van der Waals surface area (Å²) >= 11 is 6.05. The number of fused-ring (bicyclic) bond motifs is 1. The second-order valence-electron chi connectivity index (χ2n) is 6.54. The molecule has 0 saturated heterocycles. The lowest BCUT2D eigenvalue weighted by Gasteiger charge is -2.12. The van der Waals surface area contributed by atoms with Crippen LogP contribution in [0.15, 0.2) is 39.0 Å². The molecule has 0 bridgehead atoms. The van der Waals surface area contributed by atoms with Gasteiger partial charge in [-0.05, 0) is 61.7 Å². The SMILES string of the molecule is Cc1cc(S(=O)(=O)c2c(F)ccc3c2=C(CC(=O)O)C(C)N=3)c(C)cc1Cl. The highest BCUT2D eigenvalue weighted by molar-refractivity contribution is 7.91. The van der Waals surface area contributed by atoms with Gasteiger partial charge in [0.15, 0.2) is 0 Å². The van der Waals surface area contributed by atoms with Crippen molar-refractivity contribution in [1.82, 2.24) is 0 Å². The van der Waals surface area contributed by atoms with Gasteiger partial charge in [-0.3, -0.25) is 9.79 Å². The number of carbonyl (C=O) groups is 1. The van der Waals surface area contributed by atoms with E-state index in [-0.39, 0.29) is 21.0 Å². The number of aliphatic carboxylic acids is 1. The van der Waals surface area contributed by atoms with Gasteiger partial charge < -0.3 is 5.11 Å². The number of hydrogen-bond donors (Lipinski definition) is 1. The van der Waals surface area contributed by atoms with Gasteiger partial charge in [0.2, 0.25) is 9.84 Å². The summed E-state index contributed by atoms with van der Waals surface area (Å²) in [6.07, 6.45) is -0.414. The number of carboxylic acids is 1. The van der Waals surface area contributed by atoms with Gasteiger partial charge in [-0.25, -0.2) is 12.8 Å². The van der Waals surface area contributed by atoms with E-state index < -0.39 is 39.0 Å². The van der Waals surface area contributed by atoms with Crippen LogP contribution in [0.25, 0.3) is 5.57 Å². The van der Waals surface area contributed by atoms with Gasteiger partial charge in [0, 0.05) is 10.2 Å². The summed E-state index contributed by atoms with van der Waals surface area (Å²) in [6.45, 7) is 4.89. The zero-order chi connectivity index (χ0) is 20.1. The molecule has 2 aromatic rings. The first-order valence-corrected chi connectivity index (χ1v) is 10.0. The molecule has 0 aliphatic carbocycles. The lowest BCUT2D eigenvalue weighted by Crippen LogP contribution is -2.32. The summed E-state index contributed by atoms with van der Waals surface area (Å²) < 4.78 is 41.5. The first-order valence-electron chi connectivity index (χ1n) is 8.17. The van der Waals surface area contributed by atoms with Crippen molar-refractivity contribution in [2.75, 3.05) is 0 Å². The van der Waals surface area contributed by atoms with Crippen molar-refractivity contribution in [2.45, 2.75) is 43.0 Å². The van der Waals surface area contributed by atoms with Crippen LogP contribution in [0.3, 0.4) is 0 Å². The molecule has 1 N–H and O–H groups in total. The molecule has 0 amide bonds. The summed E-state index contributed by atoms with van der Waals surface area (Å²) in [6, 6.07) is 4.79. The standard InChI is InChI=1S/C19H17ClFNO4S/c1-9-7-16(10(2)6-13(9)20)27(25,26)19-14(21)4-5-15-18(19)12(8-17(23)24)11(3)22-15/h4-7,11H,8H2,1-3H3,(H,23,24). The Labute approximate surface area is 160 Å². The van der Waals surface area contributed by atoms with Crippen molar-refractivity contribution in [3.63, 3.8) is 0 Å². The Morgan fingerprint density at radius 2 is 1.93 bits per heavy atom. The van der Waals surface area contributed by atoms with Crippen LogP contribution in [0.4, 0.5) is 4.39 Å². The van der Waals surface area contributed by atoms with E-state index >= 15 is 0 Å². The number of rotatable bonds is 4. The monoisotopic (exact) mass is 409 g/mol. The molecule has 0 fully saturated rings. The van der Waals surface area contributed by atoms with Gasteiger partial charge in [-0.2, -0.15) is 0 Å². The number of hydrogen-bond acceptors (Lipinski definition) is 4. The highest BCUT2D eigenvalue weighted by atomic mass is 35.5. The first kappa shape index (κ1) is 19.5. The van der Waals surface area contributed by atoms with Crippen molar-refractivity contribution in [3.8, 4) is 0 Å². The van der Waals surface area contributed by atoms with E-state index in [1.807, 2.05) is 0 Å². The van der Waals surface area contributed by atoms with E-state index in [0.29, 0.717) is 16.1 Å². The molecule has 0 radical (unpaired) electrons. The number of nitrogens with zero attached hydrogens (tertiary/aromatic N) is 1. The summed E-state index contributed by atoms with van der Waals surface area (Å²) in [7, 11) is -4.26. The van der Waals surface area contributed by atoms with E-state index in [9.17, 15) is 22.7 Å². The van der Waals surface area contributed by atoms with E-state index in [0.717, 1.165) is 6.07 Å². The number of benzene rings is 2. The zero-order valence-electron chi connectivity index (χ0n) is 14.9. The molecule has 3 rings (SSSR count). The second kappa shape index (κ2) is 6.73. The Balaban J connectivity index is 2.43. The van der Waals surface area contributed by atoms with Crippen LogP contribution in [0.1, 0.15) is 24.5 Å². The molecule has 1 heterocycles. The number of aryl methyl sites for hydroxylation is 2. The molecule has 0 aromatic heterocycles. The van der Waals surface area contributed by atoms with E-state index in [1.54, 1.807) is 20.8 Å². The topological polar surface area (TPSA) is 83.8 Å². The van der Waals surface area contributed by atoms with Crippen LogP contribution < -0.4 is 10.6 Å². The van der Waals surface area contributed by atoms with Crippen molar-refractivity contribution in [3.05, 3.63) is 56.8 Å². The highest BCUT2D eigenvalue weighted by Crippen LogP contribution is 2.29. The Bertz CT molecular complexity index is 1210. The van der Waals surface area contributed by atoms with Crippen LogP contribution in [-0.2, 0) is 14.6 Å². The van der Waals surface area contributed by atoms with Crippen LogP contribution in [0, 0.1) is 19.7 Å². The number of sulfone groups is 1. The van der Waals surface area contributed by atoms with Crippen LogP contribution in [0.2, 0.25) is 5.02 Å². The molecule has 27 heavy (non-hydrogen) atoms. The van der Waals surface area contributed by atoms with Crippen LogP contribution in [-0.4, -0.2) is 25.5 Å². The molecule has 1 unspecified atom stereocenters. The maximum atomic E-state index is 14.8. The maximum Gasteiger partial charge on any atom is 0.307 e. The summed E-state index contributed by atoms with van der Waals surface area (Å²) in [4.78, 5) is 14.9.